The molecule has 0 atom stereocenters. The van der Waals surface area contributed by atoms with Crippen molar-refractivity contribution in [2.75, 3.05) is 32.5 Å². The van der Waals surface area contributed by atoms with Crippen molar-refractivity contribution in [1.82, 2.24) is 19.7 Å². The van der Waals surface area contributed by atoms with Crippen molar-refractivity contribution >= 4 is 34.4 Å². The van der Waals surface area contributed by atoms with Crippen molar-refractivity contribution in [3.05, 3.63) is 30.5 Å². The maximum atomic E-state index is 12.4. The minimum absolute atomic E-state index is 0.00333. The molecule has 8 heteroatoms. The lowest BCUT2D eigenvalue weighted by Crippen LogP contribution is -2.48. The van der Waals surface area contributed by atoms with Crippen molar-refractivity contribution < 1.29 is 14.4 Å². The van der Waals surface area contributed by atoms with E-state index in [1.165, 1.54) is 0 Å². The number of nitrogens with zero attached hydrogens (tertiary/aromatic N) is 3. The zero-order chi connectivity index (χ0) is 21.8. The highest BCUT2D eigenvalue weighted by Crippen LogP contribution is 2.21. The maximum Gasteiger partial charge on any atom is 0.319 e. The number of urea groups is 1. The standard InChI is InChI=1S/C22H31N5O3/c1-15(2)21(29)26-11-8-17(9-12-26)23-22(30)24-18-5-6-19-16(13-18)7-10-27(19)14-20(28)25(3)4/h5-7,10,13,15,17H,8-9,11-12,14H2,1-4H3,(H2,23,24,30). The number of amides is 4. The van der Waals surface area contributed by atoms with Crippen LogP contribution in [-0.2, 0) is 16.1 Å². The third-order valence-electron chi connectivity index (χ3n) is 5.47. The summed E-state index contributed by atoms with van der Waals surface area (Å²) in [4.78, 5) is 39.9. The van der Waals surface area contributed by atoms with Crippen LogP contribution >= 0.6 is 0 Å². The lowest BCUT2D eigenvalue weighted by Gasteiger charge is -2.33. The highest BCUT2D eigenvalue weighted by molar-refractivity contribution is 5.93. The number of fused-ring (bicyclic) bond motifs is 1. The van der Waals surface area contributed by atoms with Gasteiger partial charge in [0.1, 0.15) is 6.54 Å². The van der Waals surface area contributed by atoms with Gasteiger partial charge in [-0.05, 0) is 37.1 Å². The highest BCUT2D eigenvalue weighted by Gasteiger charge is 2.25. The van der Waals surface area contributed by atoms with Crippen LogP contribution < -0.4 is 10.6 Å². The van der Waals surface area contributed by atoms with E-state index in [1.807, 2.05) is 53.8 Å². The normalized spacial score (nSPS) is 14.8. The van der Waals surface area contributed by atoms with Crippen LogP contribution in [0.4, 0.5) is 10.5 Å². The number of nitrogens with one attached hydrogen (secondary N) is 2. The number of benzene rings is 1. The Morgan fingerprint density at radius 2 is 1.83 bits per heavy atom. The van der Waals surface area contributed by atoms with Crippen molar-refractivity contribution in [3.8, 4) is 0 Å². The van der Waals surface area contributed by atoms with Gasteiger partial charge in [-0.15, -0.1) is 0 Å². The Kier molecular flexibility index (Phi) is 6.64. The molecule has 2 aromatic rings. The SMILES string of the molecule is CC(C)C(=O)N1CCC(NC(=O)Nc2ccc3c(ccn3CC(=O)N(C)C)c2)CC1. The number of piperidine rings is 1. The van der Waals surface area contributed by atoms with Crippen LogP contribution in [0.3, 0.4) is 0 Å². The van der Waals surface area contributed by atoms with Crippen molar-refractivity contribution in [2.45, 2.75) is 39.3 Å². The molecule has 3 rings (SSSR count). The second-order valence-corrected chi connectivity index (χ2v) is 8.36. The molecule has 0 aliphatic carbocycles. The Balaban J connectivity index is 1.54. The van der Waals surface area contributed by atoms with E-state index >= 15 is 0 Å². The molecule has 1 aliphatic rings. The molecule has 0 unspecified atom stereocenters. The van der Waals surface area contributed by atoms with Gasteiger partial charge in [-0.25, -0.2) is 4.79 Å². The molecule has 4 amide bonds. The van der Waals surface area contributed by atoms with Gasteiger partial charge < -0.3 is 25.0 Å². The summed E-state index contributed by atoms with van der Waals surface area (Å²) in [5, 5.41) is 6.85. The van der Waals surface area contributed by atoms with Gasteiger partial charge >= 0.3 is 6.03 Å². The number of likely N-dealkylation sites (N-methyl/N-ethyl adjacent to an activating group) is 1. The Labute approximate surface area is 177 Å². The molecule has 1 fully saturated rings. The zero-order valence-electron chi connectivity index (χ0n) is 18.1. The number of aromatic nitrogens is 1. The Morgan fingerprint density at radius 1 is 1.13 bits per heavy atom. The van der Waals surface area contributed by atoms with E-state index in [1.54, 1.807) is 19.0 Å². The summed E-state index contributed by atoms with van der Waals surface area (Å²) in [6.45, 7) is 5.44. The molecular weight excluding hydrogens is 382 g/mol. The van der Waals surface area contributed by atoms with Crippen LogP contribution in [0.1, 0.15) is 26.7 Å². The smallest absolute Gasteiger partial charge is 0.319 e. The van der Waals surface area contributed by atoms with Gasteiger partial charge in [-0.3, -0.25) is 9.59 Å². The third-order valence-corrected chi connectivity index (χ3v) is 5.47. The molecule has 162 valence electrons. The van der Waals surface area contributed by atoms with E-state index in [2.05, 4.69) is 10.6 Å². The van der Waals surface area contributed by atoms with Crippen LogP contribution in [0.25, 0.3) is 10.9 Å². The Bertz CT molecular complexity index is 926. The molecule has 2 heterocycles. The quantitative estimate of drug-likeness (QED) is 0.790. The summed E-state index contributed by atoms with van der Waals surface area (Å²) in [6, 6.07) is 7.39. The lowest BCUT2D eigenvalue weighted by molar-refractivity contribution is -0.135. The Hall–Kier alpha value is -3.03. The van der Waals surface area contributed by atoms with Crippen molar-refractivity contribution in [2.24, 2.45) is 5.92 Å². The first-order chi connectivity index (χ1) is 14.2. The fourth-order valence-corrected chi connectivity index (χ4v) is 3.66. The largest absolute Gasteiger partial charge is 0.347 e. The second kappa shape index (κ2) is 9.19. The summed E-state index contributed by atoms with van der Waals surface area (Å²) in [5.41, 5.74) is 1.64. The molecule has 0 saturated carbocycles. The Morgan fingerprint density at radius 3 is 2.47 bits per heavy atom. The molecule has 2 N–H and O–H groups in total. The van der Waals surface area contributed by atoms with Crippen LogP contribution in [0.5, 0.6) is 0 Å². The van der Waals surface area contributed by atoms with E-state index in [0.717, 1.165) is 23.7 Å². The first-order valence-corrected chi connectivity index (χ1v) is 10.4. The van der Waals surface area contributed by atoms with Gasteiger partial charge in [-0.2, -0.15) is 0 Å². The predicted molar refractivity (Wildman–Crippen MR) is 117 cm³/mol. The molecule has 0 radical (unpaired) electrons. The predicted octanol–water partition coefficient (Wildman–Crippen LogP) is 2.50. The number of carbonyl (C=O) groups is 3. The second-order valence-electron chi connectivity index (χ2n) is 8.36. The summed E-state index contributed by atoms with van der Waals surface area (Å²) in [7, 11) is 3.47. The van der Waals surface area contributed by atoms with E-state index in [0.29, 0.717) is 18.8 Å². The van der Waals surface area contributed by atoms with E-state index < -0.39 is 0 Å². The van der Waals surface area contributed by atoms with E-state index in [-0.39, 0.29) is 36.3 Å². The lowest BCUT2D eigenvalue weighted by atomic mass is 10.0. The topological polar surface area (TPSA) is 86.7 Å². The number of rotatable bonds is 5. The first-order valence-electron chi connectivity index (χ1n) is 10.4. The molecule has 1 saturated heterocycles. The summed E-state index contributed by atoms with van der Waals surface area (Å²) in [6.07, 6.45) is 3.39. The van der Waals surface area contributed by atoms with Crippen molar-refractivity contribution in [1.29, 1.82) is 0 Å². The molecule has 0 bridgehead atoms. The minimum Gasteiger partial charge on any atom is -0.347 e. The number of hydrogen-bond donors (Lipinski definition) is 2. The van der Waals surface area contributed by atoms with Crippen molar-refractivity contribution in [3.63, 3.8) is 0 Å². The van der Waals surface area contributed by atoms with Crippen LogP contribution in [0.15, 0.2) is 30.5 Å². The molecule has 1 aromatic heterocycles. The summed E-state index contributed by atoms with van der Waals surface area (Å²) < 4.78 is 1.90. The van der Waals surface area contributed by atoms with Crippen LogP contribution in [-0.4, -0.2) is 65.4 Å². The van der Waals surface area contributed by atoms with E-state index in [4.69, 9.17) is 0 Å². The summed E-state index contributed by atoms with van der Waals surface area (Å²) >= 11 is 0. The average molecular weight is 414 g/mol. The molecule has 1 aromatic carbocycles. The zero-order valence-corrected chi connectivity index (χ0v) is 18.1. The van der Waals surface area contributed by atoms with Crippen LogP contribution in [0.2, 0.25) is 0 Å². The third kappa shape index (κ3) is 5.11. The minimum atomic E-state index is -0.245. The van der Waals surface area contributed by atoms with Crippen LogP contribution in [0, 0.1) is 5.92 Å². The fraction of sp³-hybridized carbons (Fsp3) is 0.500. The summed E-state index contributed by atoms with van der Waals surface area (Å²) in [5.74, 6) is 0.198. The van der Waals surface area contributed by atoms with Gasteiger partial charge in [0.25, 0.3) is 0 Å². The highest BCUT2D eigenvalue weighted by atomic mass is 16.2. The van der Waals surface area contributed by atoms with Gasteiger partial charge in [0.05, 0.1) is 0 Å². The maximum absolute atomic E-state index is 12.4. The molecule has 8 nitrogen and oxygen atoms in total. The van der Waals surface area contributed by atoms with E-state index in [9.17, 15) is 14.4 Å². The number of carbonyl (C=O) groups excluding carboxylic acids is 3. The number of hydrogen-bond acceptors (Lipinski definition) is 3. The van der Waals surface area contributed by atoms with Gasteiger partial charge in [-0.1, -0.05) is 13.8 Å². The fourth-order valence-electron chi connectivity index (χ4n) is 3.66. The first kappa shape index (κ1) is 21.7. The molecule has 1 aliphatic heterocycles. The molecular formula is C22H31N5O3. The monoisotopic (exact) mass is 413 g/mol. The molecule has 30 heavy (non-hydrogen) atoms. The van der Waals surface area contributed by atoms with Gasteiger partial charge in [0.2, 0.25) is 11.8 Å². The number of anilines is 1. The van der Waals surface area contributed by atoms with Gasteiger partial charge in [0, 0.05) is 61.9 Å². The van der Waals surface area contributed by atoms with Gasteiger partial charge in [0.15, 0.2) is 0 Å². The average Bonchev–Trinajstić information content (AvgIpc) is 3.09. The molecule has 0 spiro atoms. The number of likely N-dealkylation sites (tertiary alicyclic amines) is 1.